The molecule has 278 valence electrons. The van der Waals surface area contributed by atoms with E-state index in [4.69, 9.17) is 15.0 Å². The molecule has 1 fully saturated rings. The average molecular weight is 746 g/mol. The zero-order valence-corrected chi connectivity index (χ0v) is 32.6. The van der Waals surface area contributed by atoms with Crippen LogP contribution in [0.3, 0.4) is 0 Å². The van der Waals surface area contributed by atoms with E-state index in [-0.39, 0.29) is 5.41 Å². The number of hydrogen-bond donors (Lipinski definition) is 0. The highest BCUT2D eigenvalue weighted by molar-refractivity contribution is 5.91. The SMILES string of the molecule is CC1C=C2CC(CCC23c2ccccc2-c2cccc(-c4cccc(-c5cccc(-c6nc(-c7ccccc7)nc(-c7ccc(-c8ccccc8)cc7)n6)c5)c4)c23)C1. The van der Waals surface area contributed by atoms with Crippen LogP contribution in [0.1, 0.15) is 43.7 Å². The first-order valence-corrected chi connectivity index (χ1v) is 20.7. The number of rotatable bonds is 6. The summed E-state index contributed by atoms with van der Waals surface area (Å²) >= 11 is 0. The summed E-state index contributed by atoms with van der Waals surface area (Å²) in [6.07, 6.45) is 7.62. The summed E-state index contributed by atoms with van der Waals surface area (Å²) in [5.41, 5.74) is 17.5. The lowest BCUT2D eigenvalue weighted by Gasteiger charge is -2.46. The smallest absolute Gasteiger partial charge is 0.164 e. The van der Waals surface area contributed by atoms with E-state index in [0.29, 0.717) is 23.4 Å². The third-order valence-electron chi connectivity index (χ3n) is 12.9. The molecular weight excluding hydrogens is 703 g/mol. The van der Waals surface area contributed by atoms with Gasteiger partial charge in [-0.25, -0.2) is 15.0 Å². The highest BCUT2D eigenvalue weighted by Crippen LogP contribution is 2.62. The molecule has 0 N–H and O–H groups in total. The fourth-order valence-corrected chi connectivity index (χ4v) is 10.3. The lowest BCUT2D eigenvalue weighted by atomic mass is 9.57. The van der Waals surface area contributed by atoms with E-state index in [1.165, 1.54) is 70.2 Å². The normalized spacial score (nSPS) is 19.0. The summed E-state index contributed by atoms with van der Waals surface area (Å²) in [4.78, 5) is 15.2. The number of fused-ring (bicyclic) bond motifs is 8. The molecule has 0 saturated heterocycles. The summed E-state index contributed by atoms with van der Waals surface area (Å²) in [6.45, 7) is 2.42. The van der Waals surface area contributed by atoms with Gasteiger partial charge in [0.1, 0.15) is 0 Å². The fraction of sp³-hybridized carbons (Fsp3) is 0.145. The van der Waals surface area contributed by atoms with Crippen molar-refractivity contribution in [2.24, 2.45) is 11.8 Å². The van der Waals surface area contributed by atoms with Crippen molar-refractivity contribution >= 4 is 0 Å². The minimum atomic E-state index is -0.0711. The summed E-state index contributed by atoms with van der Waals surface area (Å²) < 4.78 is 0. The first kappa shape index (κ1) is 34.5. The van der Waals surface area contributed by atoms with Crippen LogP contribution in [0.15, 0.2) is 188 Å². The first-order valence-electron chi connectivity index (χ1n) is 20.7. The molecule has 3 aliphatic rings. The third-order valence-corrected chi connectivity index (χ3v) is 12.9. The monoisotopic (exact) mass is 745 g/mol. The summed E-state index contributed by atoms with van der Waals surface area (Å²) in [5.74, 6) is 3.38. The number of allylic oxidation sites excluding steroid dienone is 2. The van der Waals surface area contributed by atoms with Gasteiger partial charge in [0.2, 0.25) is 0 Å². The number of nitrogens with zero attached hydrogens (tertiary/aromatic N) is 3. The van der Waals surface area contributed by atoms with Gasteiger partial charge in [0, 0.05) is 22.1 Å². The van der Waals surface area contributed by atoms with Gasteiger partial charge in [0.15, 0.2) is 17.5 Å². The van der Waals surface area contributed by atoms with Gasteiger partial charge in [-0.2, -0.15) is 0 Å². The molecular formula is C55H43N3. The minimum absolute atomic E-state index is 0.0711. The second kappa shape index (κ2) is 14.0. The lowest BCUT2D eigenvalue weighted by Crippen LogP contribution is -2.37. The Balaban J connectivity index is 0.998. The molecule has 3 nitrogen and oxygen atoms in total. The van der Waals surface area contributed by atoms with Crippen LogP contribution in [0.4, 0.5) is 0 Å². The Morgan fingerprint density at radius 1 is 0.448 bits per heavy atom. The van der Waals surface area contributed by atoms with Gasteiger partial charge in [0.25, 0.3) is 0 Å². The summed E-state index contributed by atoms with van der Waals surface area (Å²) in [5, 5.41) is 0. The molecule has 8 aromatic rings. The third kappa shape index (κ3) is 5.84. The van der Waals surface area contributed by atoms with Gasteiger partial charge in [-0.15, -0.1) is 0 Å². The van der Waals surface area contributed by atoms with E-state index >= 15 is 0 Å². The maximum Gasteiger partial charge on any atom is 0.164 e. The summed E-state index contributed by atoms with van der Waals surface area (Å²) in [6, 6.07) is 63.2. The molecule has 3 atom stereocenters. The largest absolute Gasteiger partial charge is 0.208 e. The maximum absolute atomic E-state index is 5.11. The average Bonchev–Trinajstić information content (AvgIpc) is 3.58. The highest BCUT2D eigenvalue weighted by atomic mass is 15.0. The van der Waals surface area contributed by atoms with Gasteiger partial charge in [0.05, 0.1) is 0 Å². The fourth-order valence-electron chi connectivity index (χ4n) is 10.3. The molecule has 1 spiro atoms. The van der Waals surface area contributed by atoms with E-state index in [0.717, 1.165) is 33.7 Å². The van der Waals surface area contributed by atoms with Gasteiger partial charge in [-0.05, 0) is 105 Å². The van der Waals surface area contributed by atoms with Gasteiger partial charge in [-0.1, -0.05) is 182 Å². The molecule has 7 aromatic carbocycles. The van der Waals surface area contributed by atoms with Crippen LogP contribution in [0.25, 0.3) is 78.7 Å². The van der Waals surface area contributed by atoms with Crippen molar-refractivity contribution in [2.75, 3.05) is 0 Å². The van der Waals surface area contributed by atoms with Crippen LogP contribution in [0.2, 0.25) is 0 Å². The molecule has 2 bridgehead atoms. The second-order valence-electron chi connectivity index (χ2n) is 16.5. The van der Waals surface area contributed by atoms with Crippen LogP contribution >= 0.6 is 0 Å². The molecule has 1 saturated carbocycles. The quantitative estimate of drug-likeness (QED) is 0.159. The van der Waals surface area contributed by atoms with Crippen molar-refractivity contribution in [1.82, 2.24) is 15.0 Å². The molecule has 58 heavy (non-hydrogen) atoms. The number of hydrogen-bond acceptors (Lipinski definition) is 3. The molecule has 3 unspecified atom stereocenters. The predicted molar refractivity (Wildman–Crippen MR) is 238 cm³/mol. The van der Waals surface area contributed by atoms with Gasteiger partial charge < -0.3 is 0 Å². The Kier molecular flexibility index (Phi) is 8.36. The van der Waals surface area contributed by atoms with Crippen molar-refractivity contribution in [1.29, 1.82) is 0 Å². The molecule has 0 aliphatic heterocycles. The van der Waals surface area contributed by atoms with Crippen LogP contribution in [0.5, 0.6) is 0 Å². The van der Waals surface area contributed by atoms with E-state index < -0.39 is 0 Å². The molecule has 3 aliphatic carbocycles. The second-order valence-corrected chi connectivity index (χ2v) is 16.5. The number of aromatic nitrogens is 3. The van der Waals surface area contributed by atoms with Crippen LogP contribution in [-0.4, -0.2) is 15.0 Å². The predicted octanol–water partition coefficient (Wildman–Crippen LogP) is 13.9. The maximum atomic E-state index is 5.11. The van der Waals surface area contributed by atoms with Crippen LogP contribution in [0, 0.1) is 11.8 Å². The standard InChI is InChI=1S/C55H43N3/c1-36-31-37-29-30-55(46(32-36)33-37)50-24-9-8-21-48(50)49-23-12-22-47(51(49)55)44-19-10-17-42(34-44)43-18-11-20-45(35-43)54-57-52(40-15-6-3-7-16-40)56-53(58-54)41-27-25-39(26-28-41)38-13-4-2-5-14-38/h2-28,32,34-37H,29-31,33H2,1H3. The molecule has 1 aromatic heterocycles. The van der Waals surface area contributed by atoms with Gasteiger partial charge >= 0.3 is 0 Å². The highest BCUT2D eigenvalue weighted by Gasteiger charge is 2.50. The van der Waals surface area contributed by atoms with Crippen molar-refractivity contribution < 1.29 is 0 Å². The lowest BCUT2D eigenvalue weighted by molar-refractivity contribution is 0.285. The first-order chi connectivity index (χ1) is 28.6. The molecule has 11 rings (SSSR count). The Hall–Kier alpha value is -6.71. The topological polar surface area (TPSA) is 38.7 Å². The van der Waals surface area contributed by atoms with E-state index in [2.05, 4.69) is 165 Å². The zero-order chi connectivity index (χ0) is 38.6. The zero-order valence-electron chi connectivity index (χ0n) is 32.6. The molecule has 0 radical (unpaired) electrons. The van der Waals surface area contributed by atoms with Crippen molar-refractivity contribution in [2.45, 2.75) is 38.0 Å². The molecule has 0 amide bonds. The summed E-state index contributed by atoms with van der Waals surface area (Å²) in [7, 11) is 0. The molecule has 3 heteroatoms. The van der Waals surface area contributed by atoms with E-state index in [9.17, 15) is 0 Å². The van der Waals surface area contributed by atoms with Crippen LogP contribution in [-0.2, 0) is 5.41 Å². The van der Waals surface area contributed by atoms with Crippen molar-refractivity contribution in [3.8, 4) is 78.7 Å². The van der Waals surface area contributed by atoms with Crippen molar-refractivity contribution in [3.63, 3.8) is 0 Å². The minimum Gasteiger partial charge on any atom is -0.208 e. The molecule has 1 heterocycles. The Morgan fingerprint density at radius 3 is 1.69 bits per heavy atom. The number of benzene rings is 7. The Morgan fingerprint density at radius 2 is 0.948 bits per heavy atom. The van der Waals surface area contributed by atoms with E-state index in [1.807, 2.05) is 24.3 Å². The Bertz CT molecular complexity index is 2860. The van der Waals surface area contributed by atoms with Gasteiger partial charge in [-0.3, -0.25) is 0 Å². The van der Waals surface area contributed by atoms with Crippen LogP contribution < -0.4 is 0 Å². The van der Waals surface area contributed by atoms with Crippen molar-refractivity contribution in [3.05, 3.63) is 199 Å². The Labute approximate surface area is 340 Å². The van der Waals surface area contributed by atoms with E-state index in [1.54, 1.807) is 5.57 Å².